The minimum atomic E-state index is -2.98. The van der Waals surface area contributed by atoms with Crippen molar-refractivity contribution < 1.29 is 9.09 Å². The first-order chi connectivity index (χ1) is 9.63. The molecule has 2 aromatic rings. The summed E-state index contributed by atoms with van der Waals surface area (Å²) < 4.78 is 19.0. The highest BCUT2D eigenvalue weighted by molar-refractivity contribution is 7.74. The van der Waals surface area contributed by atoms with Crippen molar-refractivity contribution in [3.8, 4) is 0 Å². The highest BCUT2D eigenvalue weighted by Crippen LogP contribution is 2.45. The molecule has 0 heterocycles. The Kier molecular flexibility index (Phi) is 6.70. The molecule has 0 amide bonds. The van der Waals surface area contributed by atoms with Crippen molar-refractivity contribution in [2.24, 2.45) is 0 Å². The molecule has 2 nitrogen and oxygen atoms in total. The van der Waals surface area contributed by atoms with Crippen molar-refractivity contribution in [1.29, 1.82) is 0 Å². The number of rotatable bonds is 4. The second-order valence-electron chi connectivity index (χ2n) is 4.38. The van der Waals surface area contributed by atoms with Crippen LogP contribution in [0.1, 0.15) is 27.7 Å². The number of benzene rings is 2. The molecule has 3 heteroatoms. The van der Waals surface area contributed by atoms with Crippen molar-refractivity contribution in [3.63, 3.8) is 0 Å². The van der Waals surface area contributed by atoms with E-state index in [-0.39, 0.29) is 6.10 Å². The molecule has 0 atom stereocenters. The van der Waals surface area contributed by atoms with E-state index < -0.39 is 7.37 Å². The summed E-state index contributed by atoms with van der Waals surface area (Å²) in [5.74, 6) is 0. The molecule has 0 radical (unpaired) electrons. The average Bonchev–Trinajstić information content (AvgIpc) is 2.50. The van der Waals surface area contributed by atoms with E-state index >= 15 is 0 Å². The zero-order valence-electron chi connectivity index (χ0n) is 12.6. The summed E-state index contributed by atoms with van der Waals surface area (Å²) in [6, 6.07) is 18.8. The molecule has 20 heavy (non-hydrogen) atoms. The third-order valence-electron chi connectivity index (χ3n) is 2.55. The molecule has 0 saturated carbocycles. The number of hydrogen-bond acceptors (Lipinski definition) is 2. The Morgan fingerprint density at radius 2 is 1.15 bits per heavy atom. The van der Waals surface area contributed by atoms with E-state index in [1.54, 1.807) is 0 Å². The topological polar surface area (TPSA) is 26.3 Å². The van der Waals surface area contributed by atoms with Gasteiger partial charge in [0.2, 0.25) is 0 Å². The summed E-state index contributed by atoms with van der Waals surface area (Å²) >= 11 is 0. The largest absolute Gasteiger partial charge is 0.319 e. The summed E-state index contributed by atoms with van der Waals surface area (Å²) in [6.07, 6.45) is -0.0868. The van der Waals surface area contributed by atoms with Gasteiger partial charge in [-0.3, -0.25) is 4.57 Å². The highest BCUT2D eigenvalue weighted by atomic mass is 31.2. The first-order valence-corrected chi connectivity index (χ1v) is 8.65. The van der Waals surface area contributed by atoms with E-state index in [1.165, 1.54) is 0 Å². The van der Waals surface area contributed by atoms with Crippen LogP contribution in [0.2, 0.25) is 0 Å². The SMILES string of the molecule is CC.CC(C)OP(=O)(c1ccccc1)c1ccccc1. The van der Waals surface area contributed by atoms with Crippen LogP contribution in [0.5, 0.6) is 0 Å². The molecule has 0 unspecified atom stereocenters. The van der Waals surface area contributed by atoms with Gasteiger partial charge in [-0.05, 0) is 38.1 Å². The molecular formula is C17H23O2P. The summed E-state index contributed by atoms with van der Waals surface area (Å²) in [5, 5.41) is 1.48. The molecule has 0 aromatic heterocycles. The Balaban J connectivity index is 0.000000956. The molecule has 0 saturated heterocycles. The fraction of sp³-hybridized carbons (Fsp3) is 0.294. The molecule has 0 fully saturated rings. The highest BCUT2D eigenvalue weighted by Gasteiger charge is 2.29. The predicted octanol–water partition coefficient (Wildman–Crippen LogP) is 4.37. The lowest BCUT2D eigenvalue weighted by atomic mass is 10.4. The van der Waals surface area contributed by atoms with Gasteiger partial charge in [-0.1, -0.05) is 50.2 Å². The van der Waals surface area contributed by atoms with E-state index in [1.807, 2.05) is 88.4 Å². The number of hydrogen-bond donors (Lipinski definition) is 0. The van der Waals surface area contributed by atoms with E-state index in [9.17, 15) is 4.57 Å². The lowest BCUT2D eigenvalue weighted by Crippen LogP contribution is -2.20. The fourth-order valence-electron chi connectivity index (χ4n) is 1.82. The third kappa shape index (κ3) is 4.06. The molecule has 0 aliphatic rings. The molecule has 0 spiro atoms. The Hall–Kier alpha value is -1.37. The molecule has 108 valence electrons. The van der Waals surface area contributed by atoms with Crippen LogP contribution in [0.25, 0.3) is 0 Å². The minimum Gasteiger partial charge on any atom is -0.319 e. The van der Waals surface area contributed by atoms with Crippen molar-refractivity contribution in [2.45, 2.75) is 33.8 Å². The smallest absolute Gasteiger partial charge is 0.261 e. The Labute approximate surface area is 122 Å². The Bertz CT molecular complexity index is 492. The Morgan fingerprint density at radius 1 is 0.800 bits per heavy atom. The zero-order valence-corrected chi connectivity index (χ0v) is 13.5. The van der Waals surface area contributed by atoms with Gasteiger partial charge < -0.3 is 4.52 Å². The van der Waals surface area contributed by atoms with Gasteiger partial charge in [0, 0.05) is 10.6 Å². The first-order valence-electron chi connectivity index (χ1n) is 7.02. The molecule has 0 aliphatic heterocycles. The van der Waals surface area contributed by atoms with Crippen LogP contribution in [0, 0.1) is 0 Å². The second-order valence-corrected chi connectivity index (χ2v) is 6.72. The predicted molar refractivity (Wildman–Crippen MR) is 87.3 cm³/mol. The van der Waals surface area contributed by atoms with Gasteiger partial charge in [0.1, 0.15) is 0 Å². The molecule has 0 aliphatic carbocycles. The van der Waals surface area contributed by atoms with Gasteiger partial charge in [-0.25, -0.2) is 0 Å². The van der Waals surface area contributed by atoms with Crippen LogP contribution in [0.3, 0.4) is 0 Å². The van der Waals surface area contributed by atoms with Crippen LogP contribution in [0.4, 0.5) is 0 Å². The van der Waals surface area contributed by atoms with Crippen LogP contribution in [-0.4, -0.2) is 6.10 Å². The monoisotopic (exact) mass is 290 g/mol. The van der Waals surface area contributed by atoms with Crippen LogP contribution >= 0.6 is 7.37 Å². The minimum absolute atomic E-state index is 0.0868. The van der Waals surface area contributed by atoms with Gasteiger partial charge in [0.15, 0.2) is 0 Å². The van der Waals surface area contributed by atoms with Crippen molar-refractivity contribution in [2.75, 3.05) is 0 Å². The standard InChI is InChI=1S/C15H17O2P.C2H6/c1-13(2)17-18(16,14-9-5-3-6-10-14)15-11-7-4-8-12-15;1-2/h3-13H,1-2H3;1-2H3. The van der Waals surface area contributed by atoms with Crippen LogP contribution in [0.15, 0.2) is 60.7 Å². The van der Waals surface area contributed by atoms with E-state index in [0.717, 1.165) is 10.6 Å². The zero-order chi connectivity index (χ0) is 15.0. The van der Waals surface area contributed by atoms with Crippen LogP contribution in [-0.2, 0) is 9.09 Å². The third-order valence-corrected chi connectivity index (χ3v) is 5.23. The molecule has 0 N–H and O–H groups in total. The maximum Gasteiger partial charge on any atom is 0.261 e. The van der Waals surface area contributed by atoms with Gasteiger partial charge in [0.05, 0.1) is 6.10 Å². The summed E-state index contributed by atoms with van der Waals surface area (Å²) in [7, 11) is -2.98. The molecule has 0 bridgehead atoms. The van der Waals surface area contributed by atoms with E-state index in [2.05, 4.69) is 0 Å². The lowest BCUT2D eigenvalue weighted by molar-refractivity contribution is 0.254. The first kappa shape index (κ1) is 16.7. The van der Waals surface area contributed by atoms with E-state index in [0.29, 0.717) is 0 Å². The van der Waals surface area contributed by atoms with Crippen LogP contribution < -0.4 is 10.6 Å². The van der Waals surface area contributed by atoms with Crippen molar-refractivity contribution in [1.82, 2.24) is 0 Å². The maximum atomic E-state index is 13.2. The summed E-state index contributed by atoms with van der Waals surface area (Å²) in [4.78, 5) is 0. The quantitative estimate of drug-likeness (QED) is 0.782. The van der Waals surface area contributed by atoms with Gasteiger partial charge >= 0.3 is 0 Å². The normalized spacial score (nSPS) is 10.8. The van der Waals surface area contributed by atoms with Gasteiger partial charge in [-0.2, -0.15) is 0 Å². The summed E-state index contributed by atoms with van der Waals surface area (Å²) in [5.41, 5.74) is 0. The fourth-order valence-corrected chi connectivity index (χ4v) is 4.08. The lowest BCUT2D eigenvalue weighted by Gasteiger charge is -2.21. The van der Waals surface area contributed by atoms with Crippen molar-refractivity contribution >= 4 is 18.0 Å². The van der Waals surface area contributed by atoms with Gasteiger partial charge in [-0.15, -0.1) is 0 Å². The van der Waals surface area contributed by atoms with Gasteiger partial charge in [0.25, 0.3) is 7.37 Å². The van der Waals surface area contributed by atoms with Crippen molar-refractivity contribution in [3.05, 3.63) is 60.7 Å². The molecule has 2 aromatic carbocycles. The Morgan fingerprint density at radius 3 is 1.45 bits per heavy atom. The summed E-state index contributed by atoms with van der Waals surface area (Å²) in [6.45, 7) is 7.80. The average molecular weight is 290 g/mol. The molecule has 2 rings (SSSR count). The molecular weight excluding hydrogens is 267 g/mol. The second kappa shape index (κ2) is 8.04. The van der Waals surface area contributed by atoms with E-state index in [4.69, 9.17) is 4.52 Å². The maximum absolute atomic E-state index is 13.2.